The third-order valence-electron chi connectivity index (χ3n) is 4.06. The summed E-state index contributed by atoms with van der Waals surface area (Å²) in [5.74, 6) is 0. The first-order valence-electron chi connectivity index (χ1n) is 6.83. The van der Waals surface area contributed by atoms with Crippen molar-refractivity contribution in [2.45, 2.75) is 25.8 Å². The first-order valence-corrected chi connectivity index (χ1v) is 6.83. The number of benzene rings is 1. The van der Waals surface area contributed by atoms with Crippen LogP contribution >= 0.6 is 0 Å². The smallest absolute Gasteiger partial charge is 0.0481 e. The van der Waals surface area contributed by atoms with Gasteiger partial charge < -0.3 is 15.2 Å². The maximum atomic E-state index is 5.76. The third kappa shape index (κ3) is 1.89. The summed E-state index contributed by atoms with van der Waals surface area (Å²) in [6.07, 6.45) is 4.02. The second-order valence-electron chi connectivity index (χ2n) is 5.19. The average molecular weight is 243 g/mol. The van der Waals surface area contributed by atoms with Gasteiger partial charge in [0.1, 0.15) is 0 Å². The molecule has 3 nitrogen and oxygen atoms in total. The molecule has 1 aliphatic rings. The number of aryl methyl sites for hydroxylation is 1. The Morgan fingerprint density at radius 1 is 1.11 bits per heavy atom. The zero-order valence-corrected chi connectivity index (χ0v) is 11.0. The molecule has 1 aliphatic heterocycles. The van der Waals surface area contributed by atoms with Crippen LogP contribution in [0.3, 0.4) is 0 Å². The van der Waals surface area contributed by atoms with Crippen LogP contribution in [0.25, 0.3) is 10.9 Å². The van der Waals surface area contributed by atoms with Crippen LogP contribution in [0, 0.1) is 0 Å². The molecule has 0 bridgehead atoms. The van der Waals surface area contributed by atoms with Gasteiger partial charge in [-0.3, -0.25) is 0 Å². The molecule has 0 saturated carbocycles. The van der Waals surface area contributed by atoms with Crippen LogP contribution in [0.2, 0.25) is 0 Å². The topological polar surface area (TPSA) is 34.2 Å². The fraction of sp³-hybridized carbons (Fsp3) is 0.467. The summed E-state index contributed by atoms with van der Waals surface area (Å²) in [6.45, 7) is 2.99. The van der Waals surface area contributed by atoms with Crippen molar-refractivity contribution in [3.8, 4) is 0 Å². The standard InChI is InChI=1S/C15H21N3/c1-17-14(11-16)10-12-9-13(5-6-15(12)17)18-7-3-2-4-8-18/h5-6,9-10H,2-4,7-8,11,16H2,1H3. The monoisotopic (exact) mass is 243 g/mol. The Hall–Kier alpha value is -1.48. The Labute approximate surface area is 108 Å². The van der Waals surface area contributed by atoms with Crippen molar-refractivity contribution in [3.05, 3.63) is 30.0 Å². The molecule has 2 heterocycles. The lowest BCUT2D eigenvalue weighted by atomic mass is 10.1. The Bertz CT molecular complexity index is 550. The Morgan fingerprint density at radius 3 is 2.61 bits per heavy atom. The molecule has 1 saturated heterocycles. The van der Waals surface area contributed by atoms with Crippen molar-refractivity contribution in [2.24, 2.45) is 12.8 Å². The van der Waals surface area contributed by atoms with Gasteiger partial charge in [0, 0.05) is 49.0 Å². The van der Waals surface area contributed by atoms with Gasteiger partial charge in [0.15, 0.2) is 0 Å². The van der Waals surface area contributed by atoms with E-state index < -0.39 is 0 Å². The minimum atomic E-state index is 0.601. The van der Waals surface area contributed by atoms with Crippen LogP contribution < -0.4 is 10.6 Å². The van der Waals surface area contributed by atoms with E-state index in [1.54, 1.807) is 0 Å². The van der Waals surface area contributed by atoms with Crippen LogP contribution in [0.4, 0.5) is 5.69 Å². The first kappa shape index (κ1) is 11.6. The van der Waals surface area contributed by atoms with E-state index in [1.807, 2.05) is 0 Å². The summed E-state index contributed by atoms with van der Waals surface area (Å²) in [5, 5.41) is 1.31. The summed E-state index contributed by atoms with van der Waals surface area (Å²) in [7, 11) is 2.09. The Morgan fingerprint density at radius 2 is 1.89 bits per heavy atom. The summed E-state index contributed by atoms with van der Waals surface area (Å²) >= 11 is 0. The number of fused-ring (bicyclic) bond motifs is 1. The molecule has 0 unspecified atom stereocenters. The van der Waals surface area contributed by atoms with Crippen molar-refractivity contribution >= 4 is 16.6 Å². The van der Waals surface area contributed by atoms with Crippen molar-refractivity contribution in [1.29, 1.82) is 0 Å². The quantitative estimate of drug-likeness (QED) is 0.880. The molecule has 0 spiro atoms. The van der Waals surface area contributed by atoms with Crippen molar-refractivity contribution in [3.63, 3.8) is 0 Å². The van der Waals surface area contributed by atoms with Gasteiger partial charge in [-0.15, -0.1) is 0 Å². The predicted molar refractivity (Wildman–Crippen MR) is 76.9 cm³/mol. The molecule has 0 aliphatic carbocycles. The maximum Gasteiger partial charge on any atom is 0.0481 e. The highest BCUT2D eigenvalue weighted by atomic mass is 15.1. The number of nitrogens with zero attached hydrogens (tertiary/aromatic N) is 2. The number of nitrogens with two attached hydrogens (primary N) is 1. The minimum Gasteiger partial charge on any atom is -0.372 e. The van der Waals surface area contributed by atoms with Gasteiger partial charge in [-0.2, -0.15) is 0 Å². The molecule has 0 atom stereocenters. The highest BCUT2D eigenvalue weighted by molar-refractivity contribution is 5.85. The van der Waals surface area contributed by atoms with E-state index in [1.165, 1.54) is 54.6 Å². The summed E-state index contributed by atoms with van der Waals surface area (Å²) < 4.78 is 2.19. The van der Waals surface area contributed by atoms with Gasteiger partial charge in [0.05, 0.1) is 0 Å². The van der Waals surface area contributed by atoms with E-state index in [-0.39, 0.29) is 0 Å². The van der Waals surface area contributed by atoms with Gasteiger partial charge in [0.2, 0.25) is 0 Å². The van der Waals surface area contributed by atoms with E-state index in [2.05, 4.69) is 40.8 Å². The molecule has 1 aromatic carbocycles. The number of hydrogen-bond donors (Lipinski definition) is 1. The number of hydrogen-bond acceptors (Lipinski definition) is 2. The van der Waals surface area contributed by atoms with E-state index in [9.17, 15) is 0 Å². The van der Waals surface area contributed by atoms with Gasteiger partial charge in [-0.1, -0.05) is 0 Å². The summed E-state index contributed by atoms with van der Waals surface area (Å²) in [6, 6.07) is 8.98. The van der Waals surface area contributed by atoms with E-state index >= 15 is 0 Å². The lowest BCUT2D eigenvalue weighted by molar-refractivity contribution is 0.578. The van der Waals surface area contributed by atoms with Gasteiger partial charge in [0.25, 0.3) is 0 Å². The first-order chi connectivity index (χ1) is 8.79. The van der Waals surface area contributed by atoms with E-state index in [0.29, 0.717) is 6.54 Å². The van der Waals surface area contributed by atoms with Gasteiger partial charge in [-0.25, -0.2) is 0 Å². The van der Waals surface area contributed by atoms with Gasteiger partial charge >= 0.3 is 0 Å². The molecule has 2 aromatic rings. The second-order valence-corrected chi connectivity index (χ2v) is 5.19. The lowest BCUT2D eigenvalue weighted by Crippen LogP contribution is -2.29. The molecule has 0 radical (unpaired) electrons. The Balaban J connectivity index is 2.00. The van der Waals surface area contributed by atoms with Crippen molar-refractivity contribution < 1.29 is 0 Å². The molecule has 96 valence electrons. The van der Waals surface area contributed by atoms with Crippen LogP contribution in [-0.4, -0.2) is 17.7 Å². The van der Waals surface area contributed by atoms with E-state index in [4.69, 9.17) is 5.73 Å². The predicted octanol–water partition coefficient (Wildman–Crippen LogP) is 2.63. The maximum absolute atomic E-state index is 5.76. The highest BCUT2D eigenvalue weighted by Gasteiger charge is 2.12. The zero-order valence-electron chi connectivity index (χ0n) is 11.0. The minimum absolute atomic E-state index is 0.601. The van der Waals surface area contributed by atoms with Crippen molar-refractivity contribution in [2.75, 3.05) is 18.0 Å². The third-order valence-corrected chi connectivity index (χ3v) is 4.06. The molecule has 1 fully saturated rings. The molecule has 3 rings (SSSR count). The van der Waals surface area contributed by atoms with Gasteiger partial charge in [-0.05, 0) is 43.5 Å². The largest absolute Gasteiger partial charge is 0.372 e. The summed E-state index contributed by atoms with van der Waals surface area (Å²) in [4.78, 5) is 2.50. The van der Waals surface area contributed by atoms with Crippen LogP contribution in [0.1, 0.15) is 25.0 Å². The SMILES string of the molecule is Cn1c(CN)cc2cc(N3CCCCC3)ccc21. The number of rotatable bonds is 2. The fourth-order valence-corrected chi connectivity index (χ4v) is 2.94. The van der Waals surface area contributed by atoms with Crippen molar-refractivity contribution in [1.82, 2.24) is 4.57 Å². The lowest BCUT2D eigenvalue weighted by Gasteiger charge is -2.28. The second kappa shape index (κ2) is 4.65. The summed E-state index contributed by atoms with van der Waals surface area (Å²) in [5.41, 5.74) is 9.59. The van der Waals surface area contributed by atoms with E-state index in [0.717, 1.165) is 0 Å². The number of aromatic nitrogens is 1. The number of piperidine rings is 1. The number of anilines is 1. The molecular weight excluding hydrogens is 222 g/mol. The van der Waals surface area contributed by atoms with Crippen LogP contribution in [-0.2, 0) is 13.6 Å². The molecule has 2 N–H and O–H groups in total. The molecule has 0 amide bonds. The molecule has 1 aromatic heterocycles. The average Bonchev–Trinajstić information content (AvgIpc) is 2.76. The van der Waals surface area contributed by atoms with Crippen LogP contribution in [0.15, 0.2) is 24.3 Å². The normalized spacial score (nSPS) is 16.4. The highest BCUT2D eigenvalue weighted by Crippen LogP contribution is 2.26. The molecule has 18 heavy (non-hydrogen) atoms. The van der Waals surface area contributed by atoms with Crippen LogP contribution in [0.5, 0.6) is 0 Å². The zero-order chi connectivity index (χ0) is 12.5. The molecular formula is C15H21N3. The Kier molecular flexibility index (Phi) is 3.00. The molecule has 3 heteroatoms. The fourth-order valence-electron chi connectivity index (χ4n) is 2.94.